The number of aliphatic hydroxyl groups is 1. The summed E-state index contributed by atoms with van der Waals surface area (Å²) < 4.78 is 0. The Morgan fingerprint density at radius 1 is 1.38 bits per heavy atom. The van der Waals surface area contributed by atoms with Crippen LogP contribution in [0.25, 0.3) is 0 Å². The normalized spacial score (nSPS) is 12.2. The van der Waals surface area contributed by atoms with E-state index in [0.29, 0.717) is 0 Å². The van der Waals surface area contributed by atoms with Gasteiger partial charge in [-0.1, -0.05) is 18.2 Å². The number of hydrogen-bond acceptors (Lipinski definition) is 2. The molecule has 1 amide bonds. The van der Waals surface area contributed by atoms with Gasteiger partial charge in [-0.25, -0.2) is 4.79 Å². The summed E-state index contributed by atoms with van der Waals surface area (Å²) in [7, 11) is 0. The average Bonchev–Trinajstić information content (AvgIpc) is 2.23. The first-order valence-corrected chi connectivity index (χ1v) is 5.19. The number of aryl methyl sites for hydroxylation is 2. The van der Waals surface area contributed by atoms with Crippen LogP contribution in [0.2, 0.25) is 0 Å². The van der Waals surface area contributed by atoms with Crippen molar-refractivity contribution in [1.82, 2.24) is 5.32 Å². The Kier molecular flexibility index (Phi) is 4.31. The minimum atomic E-state index is -1.07. The van der Waals surface area contributed by atoms with Crippen LogP contribution in [-0.2, 0) is 0 Å². The smallest absolute Gasteiger partial charge is 0.404 e. The third-order valence-corrected chi connectivity index (χ3v) is 2.72. The Labute approximate surface area is 94.9 Å². The highest BCUT2D eigenvalue weighted by Crippen LogP contribution is 2.18. The van der Waals surface area contributed by atoms with Gasteiger partial charge in [0.2, 0.25) is 0 Å². The zero-order chi connectivity index (χ0) is 12.1. The molecule has 1 atom stereocenters. The zero-order valence-electron chi connectivity index (χ0n) is 9.53. The predicted molar refractivity (Wildman–Crippen MR) is 61.8 cm³/mol. The van der Waals surface area contributed by atoms with Gasteiger partial charge in [0.25, 0.3) is 0 Å². The van der Waals surface area contributed by atoms with Crippen molar-refractivity contribution in [2.45, 2.75) is 19.8 Å². The zero-order valence-corrected chi connectivity index (χ0v) is 9.53. The molecular weight excluding hydrogens is 206 g/mol. The highest BCUT2D eigenvalue weighted by molar-refractivity contribution is 5.64. The molecule has 4 heteroatoms. The number of carboxylic acid groups (broad SMARTS) is 1. The van der Waals surface area contributed by atoms with Crippen molar-refractivity contribution in [3.63, 3.8) is 0 Å². The topological polar surface area (TPSA) is 69.6 Å². The molecule has 0 saturated carbocycles. The number of benzene rings is 1. The van der Waals surface area contributed by atoms with Gasteiger partial charge in [-0.3, -0.25) is 0 Å². The van der Waals surface area contributed by atoms with Crippen molar-refractivity contribution < 1.29 is 15.0 Å². The maximum atomic E-state index is 10.4. The molecule has 88 valence electrons. The standard InChI is InChI=1S/C12H17NO3/c1-8-3-4-10(5-9(8)2)11(7-14)6-13-12(15)16/h3-5,11,13-14H,6-7H2,1-2H3,(H,15,16). The average molecular weight is 223 g/mol. The van der Waals surface area contributed by atoms with E-state index in [-0.39, 0.29) is 19.1 Å². The van der Waals surface area contributed by atoms with Gasteiger partial charge >= 0.3 is 6.09 Å². The van der Waals surface area contributed by atoms with Crippen LogP contribution in [0.3, 0.4) is 0 Å². The molecule has 1 unspecified atom stereocenters. The second-order valence-electron chi connectivity index (χ2n) is 3.91. The SMILES string of the molecule is Cc1ccc(C(CO)CNC(=O)O)cc1C. The van der Waals surface area contributed by atoms with Gasteiger partial charge in [0.05, 0.1) is 6.61 Å². The summed E-state index contributed by atoms with van der Waals surface area (Å²) >= 11 is 0. The molecule has 0 heterocycles. The van der Waals surface area contributed by atoms with Crippen LogP contribution in [-0.4, -0.2) is 29.5 Å². The van der Waals surface area contributed by atoms with E-state index in [0.717, 1.165) is 11.1 Å². The Morgan fingerprint density at radius 3 is 2.56 bits per heavy atom. The highest BCUT2D eigenvalue weighted by Gasteiger charge is 2.12. The van der Waals surface area contributed by atoms with Gasteiger partial charge < -0.3 is 15.5 Å². The summed E-state index contributed by atoms with van der Waals surface area (Å²) in [6.45, 7) is 4.18. The van der Waals surface area contributed by atoms with Crippen molar-refractivity contribution >= 4 is 6.09 Å². The van der Waals surface area contributed by atoms with Gasteiger partial charge in [0, 0.05) is 12.5 Å². The lowest BCUT2D eigenvalue weighted by Crippen LogP contribution is -2.28. The lowest BCUT2D eigenvalue weighted by molar-refractivity contribution is 0.191. The molecule has 16 heavy (non-hydrogen) atoms. The molecule has 1 aromatic rings. The summed E-state index contributed by atoms with van der Waals surface area (Å²) in [5.41, 5.74) is 3.29. The van der Waals surface area contributed by atoms with Crippen molar-refractivity contribution in [1.29, 1.82) is 0 Å². The van der Waals surface area contributed by atoms with Crippen LogP contribution in [0.5, 0.6) is 0 Å². The number of nitrogens with one attached hydrogen (secondary N) is 1. The summed E-state index contributed by atoms with van der Waals surface area (Å²) in [5, 5.41) is 20.0. The molecule has 0 aromatic heterocycles. The Hall–Kier alpha value is -1.55. The van der Waals surface area contributed by atoms with Gasteiger partial charge in [-0.2, -0.15) is 0 Å². The van der Waals surface area contributed by atoms with Crippen LogP contribution in [0.4, 0.5) is 4.79 Å². The molecule has 0 fully saturated rings. The van der Waals surface area contributed by atoms with E-state index in [2.05, 4.69) is 5.32 Å². The molecule has 0 saturated heterocycles. The molecule has 4 nitrogen and oxygen atoms in total. The van der Waals surface area contributed by atoms with E-state index in [9.17, 15) is 9.90 Å². The fourth-order valence-electron chi connectivity index (χ4n) is 1.52. The molecule has 0 aliphatic rings. The van der Waals surface area contributed by atoms with Gasteiger partial charge in [-0.15, -0.1) is 0 Å². The monoisotopic (exact) mass is 223 g/mol. The quantitative estimate of drug-likeness (QED) is 0.727. The summed E-state index contributed by atoms with van der Waals surface area (Å²) in [6.07, 6.45) is -1.07. The number of rotatable bonds is 4. The second-order valence-corrected chi connectivity index (χ2v) is 3.91. The molecule has 3 N–H and O–H groups in total. The third-order valence-electron chi connectivity index (χ3n) is 2.72. The summed E-state index contributed by atoms with van der Waals surface area (Å²) in [6, 6.07) is 5.89. The minimum absolute atomic E-state index is 0.0667. The fourth-order valence-corrected chi connectivity index (χ4v) is 1.52. The van der Waals surface area contributed by atoms with E-state index >= 15 is 0 Å². The Balaban J connectivity index is 2.78. The first-order valence-electron chi connectivity index (χ1n) is 5.19. The van der Waals surface area contributed by atoms with Crippen molar-refractivity contribution in [3.05, 3.63) is 34.9 Å². The molecule has 0 aliphatic carbocycles. The van der Waals surface area contributed by atoms with E-state index in [1.807, 2.05) is 32.0 Å². The largest absolute Gasteiger partial charge is 0.465 e. The second kappa shape index (κ2) is 5.51. The highest BCUT2D eigenvalue weighted by atomic mass is 16.4. The molecule has 1 rings (SSSR count). The molecule has 1 aromatic carbocycles. The van der Waals surface area contributed by atoms with Crippen LogP contribution < -0.4 is 5.32 Å². The van der Waals surface area contributed by atoms with Crippen LogP contribution in [0, 0.1) is 13.8 Å². The lowest BCUT2D eigenvalue weighted by Gasteiger charge is -2.15. The first-order chi connectivity index (χ1) is 7.54. The lowest BCUT2D eigenvalue weighted by atomic mass is 9.96. The van der Waals surface area contributed by atoms with E-state index in [1.165, 1.54) is 5.56 Å². The maximum Gasteiger partial charge on any atom is 0.404 e. The number of carbonyl (C=O) groups is 1. The molecular formula is C12H17NO3. The number of aliphatic hydroxyl groups excluding tert-OH is 1. The van der Waals surface area contributed by atoms with Crippen molar-refractivity contribution in [2.75, 3.05) is 13.2 Å². The van der Waals surface area contributed by atoms with E-state index in [4.69, 9.17) is 5.11 Å². The van der Waals surface area contributed by atoms with Crippen LogP contribution in [0.1, 0.15) is 22.6 Å². The first kappa shape index (κ1) is 12.5. The predicted octanol–water partition coefficient (Wildman–Crippen LogP) is 1.65. The summed E-state index contributed by atoms with van der Waals surface area (Å²) in [4.78, 5) is 10.4. The maximum absolute atomic E-state index is 10.4. The van der Waals surface area contributed by atoms with Crippen molar-refractivity contribution in [3.8, 4) is 0 Å². The van der Waals surface area contributed by atoms with Crippen molar-refractivity contribution in [2.24, 2.45) is 0 Å². The third kappa shape index (κ3) is 3.24. The Bertz CT molecular complexity index is 377. The van der Waals surface area contributed by atoms with Crippen LogP contribution >= 0.6 is 0 Å². The molecule has 0 radical (unpaired) electrons. The van der Waals surface area contributed by atoms with Gasteiger partial charge in [0.1, 0.15) is 0 Å². The van der Waals surface area contributed by atoms with Gasteiger partial charge in [-0.05, 0) is 30.5 Å². The molecule has 0 spiro atoms. The number of amides is 1. The van der Waals surface area contributed by atoms with Crippen LogP contribution in [0.15, 0.2) is 18.2 Å². The van der Waals surface area contributed by atoms with E-state index < -0.39 is 6.09 Å². The summed E-state index contributed by atoms with van der Waals surface area (Å²) in [5.74, 6) is -0.185. The number of hydrogen-bond donors (Lipinski definition) is 3. The van der Waals surface area contributed by atoms with Gasteiger partial charge in [0.15, 0.2) is 0 Å². The Morgan fingerprint density at radius 2 is 2.06 bits per heavy atom. The molecule has 0 aliphatic heterocycles. The minimum Gasteiger partial charge on any atom is -0.465 e. The van der Waals surface area contributed by atoms with E-state index in [1.54, 1.807) is 0 Å². The molecule has 0 bridgehead atoms. The fraction of sp³-hybridized carbons (Fsp3) is 0.417.